The number of likely N-dealkylation sites (N-methyl/N-ethyl adjacent to an activating group) is 1. The van der Waals surface area contributed by atoms with Crippen molar-refractivity contribution in [2.75, 3.05) is 27.2 Å². The van der Waals surface area contributed by atoms with Crippen molar-refractivity contribution < 1.29 is 14.3 Å². The Morgan fingerprint density at radius 2 is 2.26 bits per heavy atom. The molecule has 1 aliphatic heterocycles. The molecule has 19 heavy (non-hydrogen) atoms. The number of phenols is 1. The summed E-state index contributed by atoms with van der Waals surface area (Å²) in [5.41, 5.74) is 0.173. The maximum atomic E-state index is 12.9. The molecule has 1 N–H and O–H groups in total. The maximum Gasteiger partial charge on any atom is 0.257 e. The summed E-state index contributed by atoms with van der Waals surface area (Å²) in [5.74, 6) is -1.05. The Bertz CT molecular complexity index is 477. The minimum atomic E-state index is -0.541. The highest BCUT2D eigenvalue weighted by Gasteiger charge is 2.30. The smallest absolute Gasteiger partial charge is 0.257 e. The summed E-state index contributed by atoms with van der Waals surface area (Å²) in [5, 5.41) is 9.69. The quantitative estimate of drug-likeness (QED) is 0.905. The molecule has 1 amide bonds. The normalized spacial score (nSPS) is 19.2. The molecule has 5 heteroatoms. The Morgan fingerprint density at radius 1 is 1.53 bits per heavy atom. The number of likely N-dealkylation sites (tertiary alicyclic amines) is 1. The second-order valence-electron chi connectivity index (χ2n) is 5.22. The Balaban J connectivity index is 2.18. The van der Waals surface area contributed by atoms with E-state index in [-0.39, 0.29) is 23.3 Å². The topological polar surface area (TPSA) is 43.8 Å². The first kappa shape index (κ1) is 13.8. The van der Waals surface area contributed by atoms with Crippen LogP contribution in [0.2, 0.25) is 0 Å². The van der Waals surface area contributed by atoms with E-state index in [1.807, 2.05) is 19.0 Å². The van der Waals surface area contributed by atoms with E-state index in [1.165, 1.54) is 12.1 Å². The molecule has 1 atom stereocenters. The summed E-state index contributed by atoms with van der Waals surface area (Å²) in [6, 6.07) is 3.68. The fourth-order valence-corrected chi connectivity index (χ4v) is 2.55. The molecule has 0 aromatic heterocycles. The predicted molar refractivity (Wildman–Crippen MR) is 70.7 cm³/mol. The van der Waals surface area contributed by atoms with Crippen LogP contribution in [0.1, 0.15) is 23.2 Å². The fraction of sp³-hybridized carbons (Fsp3) is 0.500. The molecule has 0 saturated carbocycles. The average molecular weight is 266 g/mol. The van der Waals surface area contributed by atoms with Crippen LogP contribution in [0.4, 0.5) is 4.39 Å². The lowest BCUT2D eigenvalue weighted by molar-refractivity contribution is 0.0713. The first-order chi connectivity index (χ1) is 8.99. The number of hydrogen-bond acceptors (Lipinski definition) is 3. The first-order valence-corrected chi connectivity index (χ1v) is 6.43. The van der Waals surface area contributed by atoms with E-state index in [4.69, 9.17) is 0 Å². The van der Waals surface area contributed by atoms with Gasteiger partial charge in [0.1, 0.15) is 11.6 Å². The highest BCUT2D eigenvalue weighted by molar-refractivity contribution is 5.97. The number of halogens is 1. The van der Waals surface area contributed by atoms with Crippen LogP contribution in [0.3, 0.4) is 0 Å². The number of hydrogen-bond donors (Lipinski definition) is 1. The largest absolute Gasteiger partial charge is 0.507 e. The molecule has 1 fully saturated rings. The molecule has 4 nitrogen and oxygen atoms in total. The summed E-state index contributed by atoms with van der Waals surface area (Å²) in [6.45, 7) is 1.49. The van der Waals surface area contributed by atoms with Gasteiger partial charge in [0.2, 0.25) is 0 Å². The number of nitrogens with zero attached hydrogens (tertiary/aromatic N) is 2. The second kappa shape index (κ2) is 5.57. The third-order valence-electron chi connectivity index (χ3n) is 3.40. The number of benzene rings is 1. The Kier molecular flexibility index (Phi) is 4.04. The molecule has 1 heterocycles. The molecular weight excluding hydrogens is 247 g/mol. The summed E-state index contributed by atoms with van der Waals surface area (Å²) in [7, 11) is 3.94. The summed E-state index contributed by atoms with van der Waals surface area (Å²) < 4.78 is 12.9. The number of phenolic OH excluding ortho intramolecular Hbond substituents is 1. The van der Waals surface area contributed by atoms with E-state index in [1.54, 1.807) is 4.90 Å². The van der Waals surface area contributed by atoms with Gasteiger partial charge in [-0.15, -0.1) is 0 Å². The van der Waals surface area contributed by atoms with Crippen molar-refractivity contribution in [3.63, 3.8) is 0 Å². The minimum absolute atomic E-state index is 0.159. The van der Waals surface area contributed by atoms with Crippen LogP contribution >= 0.6 is 0 Å². The van der Waals surface area contributed by atoms with Gasteiger partial charge >= 0.3 is 0 Å². The van der Waals surface area contributed by atoms with Crippen LogP contribution in [-0.2, 0) is 0 Å². The third kappa shape index (κ3) is 3.04. The van der Waals surface area contributed by atoms with Gasteiger partial charge in [-0.3, -0.25) is 4.79 Å². The van der Waals surface area contributed by atoms with Crippen LogP contribution in [0.25, 0.3) is 0 Å². The molecule has 0 bridgehead atoms. The highest BCUT2D eigenvalue weighted by Crippen LogP contribution is 2.25. The standard InChI is InChI=1S/C14H19FN2O2/c1-16(2)9-11-4-3-7-17(11)14(19)12-6-5-10(15)8-13(12)18/h5-6,8,11,18H,3-4,7,9H2,1-2H3. The van der Waals surface area contributed by atoms with Gasteiger partial charge in [-0.2, -0.15) is 0 Å². The third-order valence-corrected chi connectivity index (χ3v) is 3.40. The number of carbonyl (C=O) groups is 1. The molecule has 1 unspecified atom stereocenters. The lowest BCUT2D eigenvalue weighted by Crippen LogP contribution is -2.41. The first-order valence-electron chi connectivity index (χ1n) is 6.43. The Labute approximate surface area is 112 Å². The summed E-state index contributed by atoms with van der Waals surface area (Å²) in [6.07, 6.45) is 1.93. The van der Waals surface area contributed by atoms with E-state index in [0.717, 1.165) is 25.5 Å². The molecule has 0 radical (unpaired) electrons. The van der Waals surface area contributed by atoms with Crippen molar-refractivity contribution in [1.29, 1.82) is 0 Å². The number of aromatic hydroxyl groups is 1. The van der Waals surface area contributed by atoms with Crippen LogP contribution in [0, 0.1) is 5.82 Å². The van der Waals surface area contributed by atoms with Gasteiger partial charge in [0.05, 0.1) is 5.56 Å². The van der Waals surface area contributed by atoms with Crippen molar-refractivity contribution in [3.8, 4) is 5.75 Å². The fourth-order valence-electron chi connectivity index (χ4n) is 2.55. The van der Waals surface area contributed by atoms with Gasteiger partial charge in [-0.1, -0.05) is 0 Å². The van der Waals surface area contributed by atoms with Crippen molar-refractivity contribution in [1.82, 2.24) is 9.80 Å². The molecule has 1 saturated heterocycles. The molecular formula is C14H19FN2O2. The zero-order valence-corrected chi connectivity index (χ0v) is 11.3. The van der Waals surface area contributed by atoms with Gasteiger partial charge in [-0.05, 0) is 39.1 Å². The van der Waals surface area contributed by atoms with E-state index >= 15 is 0 Å². The number of amides is 1. The molecule has 0 aliphatic carbocycles. The Morgan fingerprint density at radius 3 is 2.89 bits per heavy atom. The summed E-state index contributed by atoms with van der Waals surface area (Å²) >= 11 is 0. The lowest BCUT2D eigenvalue weighted by atomic mass is 10.1. The van der Waals surface area contributed by atoms with Gasteiger partial charge in [-0.25, -0.2) is 4.39 Å². The molecule has 1 aromatic rings. The molecule has 1 aromatic carbocycles. The van der Waals surface area contributed by atoms with Crippen molar-refractivity contribution in [2.24, 2.45) is 0 Å². The molecule has 104 valence electrons. The molecule has 0 spiro atoms. The van der Waals surface area contributed by atoms with E-state index in [9.17, 15) is 14.3 Å². The highest BCUT2D eigenvalue weighted by atomic mass is 19.1. The number of carbonyl (C=O) groups excluding carboxylic acids is 1. The van der Waals surface area contributed by atoms with Crippen LogP contribution in [0.5, 0.6) is 5.75 Å². The van der Waals surface area contributed by atoms with Crippen molar-refractivity contribution >= 4 is 5.91 Å². The Hall–Kier alpha value is -1.62. The van der Waals surface area contributed by atoms with E-state index < -0.39 is 5.82 Å². The zero-order valence-electron chi connectivity index (χ0n) is 11.3. The van der Waals surface area contributed by atoms with Gasteiger partial charge in [0.25, 0.3) is 5.91 Å². The SMILES string of the molecule is CN(C)CC1CCCN1C(=O)c1ccc(F)cc1O. The van der Waals surface area contributed by atoms with Crippen LogP contribution in [-0.4, -0.2) is 54.0 Å². The maximum absolute atomic E-state index is 12.9. The summed E-state index contributed by atoms with van der Waals surface area (Å²) in [4.78, 5) is 16.2. The lowest BCUT2D eigenvalue weighted by Gasteiger charge is -2.27. The van der Waals surface area contributed by atoms with E-state index in [0.29, 0.717) is 6.54 Å². The molecule has 2 rings (SSSR count). The minimum Gasteiger partial charge on any atom is -0.507 e. The number of rotatable bonds is 3. The predicted octanol–water partition coefficient (Wildman–Crippen LogP) is 1.70. The van der Waals surface area contributed by atoms with Crippen molar-refractivity contribution in [3.05, 3.63) is 29.6 Å². The van der Waals surface area contributed by atoms with Crippen molar-refractivity contribution in [2.45, 2.75) is 18.9 Å². The van der Waals surface area contributed by atoms with Gasteiger partial charge < -0.3 is 14.9 Å². The van der Waals surface area contributed by atoms with Gasteiger partial charge in [0, 0.05) is 25.2 Å². The average Bonchev–Trinajstić information content (AvgIpc) is 2.75. The second-order valence-corrected chi connectivity index (χ2v) is 5.22. The van der Waals surface area contributed by atoms with Crippen LogP contribution < -0.4 is 0 Å². The van der Waals surface area contributed by atoms with E-state index in [2.05, 4.69) is 0 Å². The monoisotopic (exact) mass is 266 g/mol. The van der Waals surface area contributed by atoms with Gasteiger partial charge in [0.15, 0.2) is 0 Å². The van der Waals surface area contributed by atoms with Crippen LogP contribution in [0.15, 0.2) is 18.2 Å². The zero-order chi connectivity index (χ0) is 14.0. The molecule has 1 aliphatic rings.